The van der Waals surface area contributed by atoms with E-state index in [0.29, 0.717) is 23.5 Å². The quantitative estimate of drug-likeness (QED) is 0.308. The van der Waals surface area contributed by atoms with Crippen molar-refractivity contribution in [2.75, 3.05) is 5.32 Å². The lowest BCUT2D eigenvalue weighted by molar-refractivity contribution is -0.116. The van der Waals surface area contributed by atoms with E-state index in [1.54, 1.807) is 6.20 Å². The number of amides is 2. The fraction of sp³-hybridized carbons (Fsp3) is 0.214. The van der Waals surface area contributed by atoms with Crippen molar-refractivity contribution in [3.8, 4) is 0 Å². The Labute approximate surface area is 212 Å². The molecule has 6 rings (SSSR count). The number of hydrogen-bond donors (Lipinski definition) is 3. The number of pyridine rings is 1. The third kappa shape index (κ3) is 4.47. The van der Waals surface area contributed by atoms with Crippen molar-refractivity contribution in [2.45, 2.75) is 38.1 Å². The fourth-order valence-electron chi connectivity index (χ4n) is 4.89. The molecule has 0 fully saturated rings. The molecule has 3 aromatic heterocycles. The minimum absolute atomic E-state index is 0.0449. The zero-order valence-corrected chi connectivity index (χ0v) is 20.4. The molecule has 1 unspecified atom stereocenters. The van der Waals surface area contributed by atoms with Crippen molar-refractivity contribution in [3.05, 3.63) is 88.7 Å². The summed E-state index contributed by atoms with van der Waals surface area (Å²) in [5.74, 6) is -0.106. The maximum absolute atomic E-state index is 13.1. The summed E-state index contributed by atoms with van der Waals surface area (Å²) >= 11 is 1.51. The number of rotatable bonds is 6. The number of H-pyrrole nitrogens is 1. The first-order valence-electron chi connectivity index (χ1n) is 12.1. The van der Waals surface area contributed by atoms with Crippen LogP contribution in [0.2, 0.25) is 0 Å². The number of hydrogen-bond acceptors (Lipinski definition) is 5. The maximum Gasteiger partial charge on any atom is 0.252 e. The van der Waals surface area contributed by atoms with Crippen molar-refractivity contribution in [1.82, 2.24) is 20.3 Å². The molecular weight excluding hydrogens is 470 g/mol. The van der Waals surface area contributed by atoms with E-state index >= 15 is 0 Å². The van der Waals surface area contributed by atoms with Crippen LogP contribution in [0.3, 0.4) is 0 Å². The zero-order valence-electron chi connectivity index (χ0n) is 19.6. The lowest BCUT2D eigenvalue weighted by atomic mass is 9.97. The maximum atomic E-state index is 13.1. The van der Waals surface area contributed by atoms with Gasteiger partial charge >= 0.3 is 0 Å². The van der Waals surface area contributed by atoms with Crippen LogP contribution in [0.4, 0.5) is 5.13 Å². The fourth-order valence-corrected chi connectivity index (χ4v) is 5.99. The summed E-state index contributed by atoms with van der Waals surface area (Å²) in [6.07, 6.45) is 7.00. The predicted molar refractivity (Wildman–Crippen MR) is 142 cm³/mol. The first-order valence-corrected chi connectivity index (χ1v) is 12.9. The average molecular weight is 496 g/mol. The highest BCUT2D eigenvalue weighted by atomic mass is 32.1. The monoisotopic (exact) mass is 495 g/mol. The predicted octanol–water partition coefficient (Wildman–Crippen LogP) is 5.03. The van der Waals surface area contributed by atoms with E-state index < -0.39 is 0 Å². The number of aromatic nitrogens is 3. The summed E-state index contributed by atoms with van der Waals surface area (Å²) in [7, 11) is 0. The third-order valence-electron chi connectivity index (χ3n) is 6.71. The number of carbonyl (C=O) groups excluding carboxylic acids is 2. The molecule has 3 heterocycles. The van der Waals surface area contributed by atoms with E-state index in [-0.39, 0.29) is 17.9 Å². The Bertz CT molecular complexity index is 1580. The van der Waals surface area contributed by atoms with Gasteiger partial charge in [-0.25, -0.2) is 9.97 Å². The number of benzene rings is 2. The molecule has 36 heavy (non-hydrogen) atoms. The van der Waals surface area contributed by atoms with Gasteiger partial charge in [-0.05, 0) is 53.8 Å². The molecule has 0 saturated heterocycles. The summed E-state index contributed by atoms with van der Waals surface area (Å²) < 4.78 is 0. The summed E-state index contributed by atoms with van der Waals surface area (Å²) in [6.45, 7) is 0. The van der Waals surface area contributed by atoms with Crippen LogP contribution in [0, 0.1) is 0 Å². The van der Waals surface area contributed by atoms with Gasteiger partial charge in [-0.15, -0.1) is 11.3 Å². The number of aryl methyl sites for hydroxylation is 2. The lowest BCUT2D eigenvalue weighted by Gasteiger charge is -2.22. The number of nitrogens with zero attached hydrogens (tertiary/aromatic N) is 2. The molecule has 8 heteroatoms. The first kappa shape index (κ1) is 22.4. The van der Waals surface area contributed by atoms with Gasteiger partial charge in [0.1, 0.15) is 5.65 Å². The van der Waals surface area contributed by atoms with E-state index in [1.165, 1.54) is 11.3 Å². The minimum Gasteiger partial charge on any atom is -0.349 e. The van der Waals surface area contributed by atoms with E-state index in [0.717, 1.165) is 57.2 Å². The number of fused-ring (bicyclic) bond motifs is 3. The molecule has 2 amide bonds. The second-order valence-electron chi connectivity index (χ2n) is 9.09. The summed E-state index contributed by atoms with van der Waals surface area (Å²) in [6, 6.07) is 17.7. The van der Waals surface area contributed by atoms with E-state index in [1.807, 2.05) is 60.8 Å². The van der Waals surface area contributed by atoms with Gasteiger partial charge in [0, 0.05) is 47.1 Å². The number of carbonyl (C=O) groups is 2. The van der Waals surface area contributed by atoms with Gasteiger partial charge in [0.25, 0.3) is 5.91 Å². The number of aromatic amines is 1. The van der Waals surface area contributed by atoms with Crippen molar-refractivity contribution in [1.29, 1.82) is 0 Å². The van der Waals surface area contributed by atoms with Crippen molar-refractivity contribution in [2.24, 2.45) is 0 Å². The molecule has 1 aliphatic rings. The largest absolute Gasteiger partial charge is 0.349 e. The molecule has 2 aromatic carbocycles. The van der Waals surface area contributed by atoms with Crippen LogP contribution < -0.4 is 10.6 Å². The highest BCUT2D eigenvalue weighted by Crippen LogP contribution is 2.30. The summed E-state index contributed by atoms with van der Waals surface area (Å²) in [4.78, 5) is 38.9. The minimum atomic E-state index is -0.0554. The van der Waals surface area contributed by atoms with Gasteiger partial charge in [0.2, 0.25) is 5.91 Å². The molecule has 5 aromatic rings. The Balaban J connectivity index is 1.07. The molecular formula is C28H25N5O2S. The Morgan fingerprint density at radius 2 is 1.92 bits per heavy atom. The second-order valence-corrected chi connectivity index (χ2v) is 10.2. The molecule has 0 radical (unpaired) electrons. The Kier molecular flexibility index (Phi) is 5.95. The van der Waals surface area contributed by atoms with Gasteiger partial charge in [-0.2, -0.15) is 0 Å². The summed E-state index contributed by atoms with van der Waals surface area (Å²) in [5.41, 5.74) is 3.63. The molecule has 3 N–H and O–H groups in total. The third-order valence-corrected chi connectivity index (χ3v) is 7.75. The van der Waals surface area contributed by atoms with E-state index in [2.05, 4.69) is 25.6 Å². The second kappa shape index (κ2) is 9.54. The van der Waals surface area contributed by atoms with Crippen molar-refractivity contribution >= 4 is 50.1 Å². The van der Waals surface area contributed by atoms with Gasteiger partial charge in [0.15, 0.2) is 5.13 Å². The van der Waals surface area contributed by atoms with Gasteiger partial charge in [0.05, 0.1) is 5.69 Å². The Morgan fingerprint density at radius 1 is 1.06 bits per heavy atom. The SMILES string of the molecule is O=C(CCc1c[nH]c2ncccc12)Nc1nc2c(s1)CC(NC(=O)c1cccc3ccccc13)CC2. The molecule has 180 valence electrons. The van der Waals surface area contributed by atoms with Crippen LogP contribution in [0.1, 0.15) is 39.3 Å². The van der Waals surface area contributed by atoms with Crippen LogP contribution in [-0.4, -0.2) is 32.8 Å². The number of anilines is 1. The van der Waals surface area contributed by atoms with E-state index in [9.17, 15) is 9.59 Å². The first-order chi connectivity index (χ1) is 17.6. The zero-order chi connectivity index (χ0) is 24.5. The van der Waals surface area contributed by atoms with Crippen molar-refractivity contribution in [3.63, 3.8) is 0 Å². The molecule has 1 aliphatic carbocycles. The van der Waals surface area contributed by atoms with Gasteiger partial charge < -0.3 is 15.6 Å². The normalized spacial score (nSPS) is 15.1. The molecule has 7 nitrogen and oxygen atoms in total. The van der Waals surface area contributed by atoms with Crippen LogP contribution >= 0.6 is 11.3 Å². The van der Waals surface area contributed by atoms with Crippen LogP contribution in [0.5, 0.6) is 0 Å². The molecule has 0 spiro atoms. The number of nitrogens with one attached hydrogen (secondary N) is 3. The van der Waals surface area contributed by atoms with Gasteiger partial charge in [-0.1, -0.05) is 36.4 Å². The number of thiazole rings is 1. The molecule has 0 saturated carbocycles. The lowest BCUT2D eigenvalue weighted by Crippen LogP contribution is -2.38. The van der Waals surface area contributed by atoms with Crippen LogP contribution in [0.15, 0.2) is 67.0 Å². The van der Waals surface area contributed by atoms with E-state index in [4.69, 9.17) is 0 Å². The van der Waals surface area contributed by atoms with Crippen LogP contribution in [0.25, 0.3) is 21.8 Å². The standard InChI is InChI=1S/C28H25N5O2S/c34-25(13-10-18-16-30-26-21(18)9-4-14-29-26)33-28-32-23-12-11-19(15-24(23)36-28)31-27(35)22-8-3-6-17-5-1-2-7-20(17)22/h1-9,14,16,19H,10-13,15H2,(H,29,30)(H,31,35)(H,32,33,34). The van der Waals surface area contributed by atoms with Crippen molar-refractivity contribution < 1.29 is 9.59 Å². The highest BCUT2D eigenvalue weighted by molar-refractivity contribution is 7.15. The molecule has 1 atom stereocenters. The smallest absolute Gasteiger partial charge is 0.252 e. The van der Waals surface area contributed by atoms with Gasteiger partial charge in [-0.3, -0.25) is 9.59 Å². The molecule has 0 aliphatic heterocycles. The average Bonchev–Trinajstić information content (AvgIpc) is 3.50. The summed E-state index contributed by atoms with van der Waals surface area (Å²) in [5, 5.41) is 9.87. The Morgan fingerprint density at radius 3 is 2.86 bits per heavy atom. The van der Waals surface area contributed by atoms with Crippen LogP contribution in [-0.2, 0) is 24.1 Å². The highest BCUT2D eigenvalue weighted by Gasteiger charge is 2.25. The topological polar surface area (TPSA) is 99.8 Å². The Hall–Kier alpha value is -4.04. The molecule has 0 bridgehead atoms.